The molecule has 0 fully saturated rings. The first kappa shape index (κ1) is 15.9. The predicted octanol–water partition coefficient (Wildman–Crippen LogP) is 3.07. The lowest BCUT2D eigenvalue weighted by Crippen LogP contribution is -2.12. The van der Waals surface area contributed by atoms with E-state index in [9.17, 15) is 14.0 Å². The first-order chi connectivity index (χ1) is 11.6. The minimum atomic E-state index is -0.477. The number of ether oxygens (including phenoxy) is 1. The number of aromatic nitrogens is 1. The number of hydrogen-bond donors (Lipinski definition) is 2. The first-order valence-electron chi connectivity index (χ1n) is 7.28. The van der Waals surface area contributed by atoms with Crippen molar-refractivity contribution in [1.82, 2.24) is 4.98 Å². The number of aromatic amines is 1. The van der Waals surface area contributed by atoms with Crippen molar-refractivity contribution in [2.24, 2.45) is 0 Å². The quantitative estimate of drug-likeness (QED) is 0.774. The molecule has 5 nitrogen and oxygen atoms in total. The van der Waals surface area contributed by atoms with Crippen molar-refractivity contribution in [3.05, 3.63) is 75.8 Å². The summed E-state index contributed by atoms with van der Waals surface area (Å²) in [5.74, 6) is -0.904. The van der Waals surface area contributed by atoms with Gasteiger partial charge in [-0.25, -0.2) is 4.39 Å². The molecule has 0 radical (unpaired) electrons. The van der Waals surface area contributed by atoms with Crippen LogP contribution in [0.25, 0.3) is 10.9 Å². The summed E-state index contributed by atoms with van der Waals surface area (Å²) in [5, 5.41) is 3.52. The summed E-state index contributed by atoms with van der Waals surface area (Å²) >= 11 is 0. The normalized spacial score (nSPS) is 10.8. The molecule has 24 heavy (non-hydrogen) atoms. The number of nitrogens with one attached hydrogen (secondary N) is 2. The van der Waals surface area contributed by atoms with Crippen molar-refractivity contribution >= 4 is 22.5 Å². The molecule has 3 rings (SSSR count). The van der Waals surface area contributed by atoms with Gasteiger partial charge in [0.1, 0.15) is 5.82 Å². The zero-order chi connectivity index (χ0) is 17.1. The zero-order valence-corrected chi connectivity index (χ0v) is 12.9. The fourth-order valence-corrected chi connectivity index (χ4v) is 2.52. The molecule has 0 atom stereocenters. The Bertz CT molecular complexity index is 966. The Balaban J connectivity index is 1.93. The Morgan fingerprint density at radius 3 is 2.79 bits per heavy atom. The van der Waals surface area contributed by atoms with Crippen LogP contribution in [0.2, 0.25) is 0 Å². The monoisotopic (exact) mass is 326 g/mol. The van der Waals surface area contributed by atoms with Crippen LogP contribution in [-0.4, -0.2) is 18.0 Å². The molecule has 1 heterocycles. The number of anilines is 1. The summed E-state index contributed by atoms with van der Waals surface area (Å²) in [6.45, 7) is 0.315. The Morgan fingerprint density at radius 2 is 2.04 bits per heavy atom. The van der Waals surface area contributed by atoms with Gasteiger partial charge in [-0.3, -0.25) is 9.59 Å². The van der Waals surface area contributed by atoms with Gasteiger partial charge >= 0.3 is 0 Å². The van der Waals surface area contributed by atoms with E-state index < -0.39 is 11.7 Å². The lowest BCUT2D eigenvalue weighted by molar-refractivity contribution is 0.102. The summed E-state index contributed by atoms with van der Waals surface area (Å²) in [6.07, 6.45) is 0. The molecule has 0 saturated carbocycles. The summed E-state index contributed by atoms with van der Waals surface area (Å²) in [7, 11) is 1.56. The molecule has 0 aliphatic carbocycles. The Kier molecular flexibility index (Phi) is 4.39. The third kappa shape index (κ3) is 3.33. The van der Waals surface area contributed by atoms with Crippen LogP contribution >= 0.6 is 0 Å². The number of H-pyrrole nitrogens is 1. The van der Waals surface area contributed by atoms with Crippen LogP contribution in [-0.2, 0) is 11.3 Å². The number of rotatable bonds is 4. The lowest BCUT2D eigenvalue weighted by atomic mass is 10.1. The van der Waals surface area contributed by atoms with Crippen LogP contribution in [0.3, 0.4) is 0 Å². The molecule has 3 aromatic rings. The van der Waals surface area contributed by atoms with Gasteiger partial charge in [0.05, 0.1) is 12.1 Å². The fourth-order valence-electron chi connectivity index (χ4n) is 2.52. The van der Waals surface area contributed by atoms with E-state index in [-0.39, 0.29) is 11.1 Å². The fraction of sp³-hybridized carbons (Fsp3) is 0.111. The van der Waals surface area contributed by atoms with E-state index in [1.54, 1.807) is 25.3 Å². The second-order valence-electron chi connectivity index (χ2n) is 5.32. The maximum atomic E-state index is 13.2. The Hall–Kier alpha value is -2.99. The highest BCUT2D eigenvalue weighted by Crippen LogP contribution is 2.21. The van der Waals surface area contributed by atoms with Gasteiger partial charge in [-0.1, -0.05) is 12.1 Å². The molecular formula is C18H15FN2O3. The molecule has 0 saturated heterocycles. The van der Waals surface area contributed by atoms with E-state index in [2.05, 4.69) is 10.3 Å². The third-order valence-corrected chi connectivity index (χ3v) is 3.57. The summed E-state index contributed by atoms with van der Waals surface area (Å²) in [5.41, 5.74) is 1.83. The van der Waals surface area contributed by atoms with E-state index in [1.165, 1.54) is 24.3 Å². The number of halogens is 1. The standard InChI is InChI=1S/C18H15FN2O3/c1-24-10-12-8-17(22)21-16-9-14(5-6-15(12)16)20-18(23)11-3-2-4-13(19)7-11/h2-9H,10H2,1H3,(H,20,23)(H,21,22). The molecule has 1 amide bonds. The molecule has 1 aromatic heterocycles. The molecule has 2 N–H and O–H groups in total. The Morgan fingerprint density at radius 1 is 1.21 bits per heavy atom. The van der Waals surface area contributed by atoms with Gasteiger partial charge in [-0.05, 0) is 35.9 Å². The van der Waals surface area contributed by atoms with Gasteiger partial charge < -0.3 is 15.0 Å². The largest absolute Gasteiger partial charge is 0.380 e. The second kappa shape index (κ2) is 6.64. The number of benzene rings is 2. The van der Waals surface area contributed by atoms with Crippen molar-refractivity contribution < 1.29 is 13.9 Å². The number of carbonyl (C=O) groups is 1. The SMILES string of the molecule is COCc1cc(=O)[nH]c2cc(NC(=O)c3cccc(F)c3)ccc12. The molecule has 122 valence electrons. The average Bonchev–Trinajstić information content (AvgIpc) is 2.54. The highest BCUT2D eigenvalue weighted by atomic mass is 19.1. The van der Waals surface area contributed by atoms with Gasteiger partial charge in [0.2, 0.25) is 5.56 Å². The molecular weight excluding hydrogens is 311 g/mol. The van der Waals surface area contributed by atoms with Crippen LogP contribution in [0.1, 0.15) is 15.9 Å². The zero-order valence-electron chi connectivity index (χ0n) is 12.9. The van der Waals surface area contributed by atoms with Gasteiger partial charge in [0.15, 0.2) is 0 Å². The number of pyridine rings is 1. The molecule has 0 aliphatic rings. The van der Waals surface area contributed by atoms with Crippen molar-refractivity contribution in [3.8, 4) is 0 Å². The number of hydrogen-bond acceptors (Lipinski definition) is 3. The summed E-state index contributed by atoms with van der Waals surface area (Å²) in [6, 6.07) is 12.1. The smallest absolute Gasteiger partial charge is 0.255 e. The van der Waals surface area contributed by atoms with Crippen LogP contribution in [0, 0.1) is 5.82 Å². The lowest BCUT2D eigenvalue weighted by Gasteiger charge is -2.09. The van der Waals surface area contributed by atoms with Crippen LogP contribution < -0.4 is 10.9 Å². The highest BCUT2D eigenvalue weighted by molar-refractivity contribution is 6.05. The summed E-state index contributed by atoms with van der Waals surface area (Å²) in [4.78, 5) is 26.6. The van der Waals surface area contributed by atoms with E-state index in [0.29, 0.717) is 17.8 Å². The molecule has 6 heteroatoms. The average molecular weight is 326 g/mol. The maximum Gasteiger partial charge on any atom is 0.255 e. The van der Waals surface area contributed by atoms with Gasteiger partial charge in [0.25, 0.3) is 5.91 Å². The number of carbonyl (C=O) groups excluding carboxylic acids is 1. The van der Waals surface area contributed by atoms with Crippen molar-refractivity contribution in [2.75, 3.05) is 12.4 Å². The highest BCUT2D eigenvalue weighted by Gasteiger charge is 2.09. The van der Waals surface area contributed by atoms with Crippen molar-refractivity contribution in [1.29, 1.82) is 0 Å². The van der Waals surface area contributed by atoms with Gasteiger partial charge in [-0.2, -0.15) is 0 Å². The van der Waals surface area contributed by atoms with Crippen LogP contribution in [0.4, 0.5) is 10.1 Å². The number of amides is 1. The van der Waals surface area contributed by atoms with Crippen LogP contribution in [0.5, 0.6) is 0 Å². The van der Waals surface area contributed by atoms with E-state index in [1.807, 2.05) is 0 Å². The molecule has 0 aliphatic heterocycles. The summed E-state index contributed by atoms with van der Waals surface area (Å²) < 4.78 is 18.3. The van der Waals surface area contributed by atoms with Crippen molar-refractivity contribution in [3.63, 3.8) is 0 Å². The predicted molar refractivity (Wildman–Crippen MR) is 89.6 cm³/mol. The molecule has 0 unspecified atom stereocenters. The molecule has 0 bridgehead atoms. The molecule has 2 aromatic carbocycles. The van der Waals surface area contributed by atoms with Gasteiger partial charge in [0, 0.05) is 29.8 Å². The maximum absolute atomic E-state index is 13.2. The van der Waals surface area contributed by atoms with Crippen LogP contribution in [0.15, 0.2) is 53.3 Å². The van der Waals surface area contributed by atoms with E-state index in [4.69, 9.17) is 4.74 Å². The van der Waals surface area contributed by atoms with E-state index >= 15 is 0 Å². The van der Waals surface area contributed by atoms with Gasteiger partial charge in [-0.15, -0.1) is 0 Å². The minimum absolute atomic E-state index is 0.219. The van der Waals surface area contributed by atoms with Crippen molar-refractivity contribution in [2.45, 2.75) is 6.61 Å². The molecule has 0 spiro atoms. The minimum Gasteiger partial charge on any atom is -0.380 e. The first-order valence-corrected chi connectivity index (χ1v) is 7.28. The Labute approximate surface area is 137 Å². The third-order valence-electron chi connectivity index (χ3n) is 3.57. The second-order valence-corrected chi connectivity index (χ2v) is 5.32. The topological polar surface area (TPSA) is 71.2 Å². The van der Waals surface area contributed by atoms with E-state index in [0.717, 1.165) is 17.0 Å². The number of fused-ring (bicyclic) bond motifs is 1. The number of methoxy groups -OCH3 is 1.